The number of carbonyl (C=O) groups is 1. The highest BCUT2D eigenvalue weighted by Gasteiger charge is 2.30. The van der Waals surface area contributed by atoms with Gasteiger partial charge in [-0.15, -0.1) is 0 Å². The zero-order valence-electron chi connectivity index (χ0n) is 8.94. The molecule has 1 atom stereocenters. The van der Waals surface area contributed by atoms with Gasteiger partial charge < -0.3 is 15.3 Å². The van der Waals surface area contributed by atoms with E-state index in [1.807, 2.05) is 6.07 Å². The summed E-state index contributed by atoms with van der Waals surface area (Å²) in [5.74, 6) is 0.324. The summed E-state index contributed by atoms with van der Waals surface area (Å²) in [6.07, 6.45) is 0.0226. The van der Waals surface area contributed by atoms with Gasteiger partial charge in [0.15, 0.2) is 0 Å². The molecule has 0 aliphatic carbocycles. The standard InChI is InChI=1S/C12H14N2O2/c15-12(16)14-5-4-8-2-1-3-10-11(8)9(7-14)6-13-10/h1-3,9,13H,4-7H2,(H,15,16)/t9-/m0/s1. The highest BCUT2D eigenvalue weighted by Crippen LogP contribution is 2.36. The Kier molecular flexibility index (Phi) is 2.02. The first-order chi connectivity index (χ1) is 7.75. The van der Waals surface area contributed by atoms with Crippen LogP contribution in [0.5, 0.6) is 0 Å². The summed E-state index contributed by atoms with van der Waals surface area (Å²) >= 11 is 0. The Morgan fingerprint density at radius 1 is 1.50 bits per heavy atom. The minimum atomic E-state index is -0.804. The van der Waals surface area contributed by atoms with Crippen LogP contribution in [-0.4, -0.2) is 35.7 Å². The number of carboxylic acid groups (broad SMARTS) is 1. The van der Waals surface area contributed by atoms with Gasteiger partial charge in [0.25, 0.3) is 0 Å². The average Bonchev–Trinajstić information content (AvgIpc) is 2.56. The van der Waals surface area contributed by atoms with Crippen molar-refractivity contribution >= 4 is 11.8 Å². The monoisotopic (exact) mass is 218 g/mol. The maximum Gasteiger partial charge on any atom is 0.407 e. The normalized spacial score (nSPS) is 22.2. The zero-order chi connectivity index (χ0) is 11.1. The van der Waals surface area contributed by atoms with E-state index in [9.17, 15) is 4.79 Å². The lowest BCUT2D eigenvalue weighted by Crippen LogP contribution is -2.33. The maximum absolute atomic E-state index is 11.0. The number of amides is 1. The molecule has 0 saturated heterocycles. The molecule has 4 nitrogen and oxygen atoms in total. The summed E-state index contributed by atoms with van der Waals surface area (Å²) < 4.78 is 0. The van der Waals surface area contributed by atoms with Crippen LogP contribution in [0, 0.1) is 0 Å². The largest absolute Gasteiger partial charge is 0.465 e. The minimum absolute atomic E-state index is 0.324. The van der Waals surface area contributed by atoms with Gasteiger partial charge in [-0.2, -0.15) is 0 Å². The Morgan fingerprint density at radius 2 is 2.38 bits per heavy atom. The predicted molar refractivity (Wildman–Crippen MR) is 61.0 cm³/mol. The molecule has 3 rings (SSSR count). The zero-order valence-corrected chi connectivity index (χ0v) is 8.94. The molecule has 16 heavy (non-hydrogen) atoms. The fourth-order valence-electron chi connectivity index (χ4n) is 2.74. The summed E-state index contributed by atoms with van der Waals surface area (Å²) in [6, 6.07) is 6.24. The van der Waals surface area contributed by atoms with E-state index in [-0.39, 0.29) is 0 Å². The number of anilines is 1. The van der Waals surface area contributed by atoms with Gasteiger partial charge >= 0.3 is 6.09 Å². The van der Waals surface area contributed by atoms with E-state index < -0.39 is 6.09 Å². The fraction of sp³-hybridized carbons (Fsp3) is 0.417. The van der Waals surface area contributed by atoms with Crippen molar-refractivity contribution in [3.8, 4) is 0 Å². The Balaban J connectivity index is 2.00. The third-order valence-corrected chi connectivity index (χ3v) is 3.51. The van der Waals surface area contributed by atoms with E-state index in [0.29, 0.717) is 19.0 Å². The molecular formula is C12H14N2O2. The van der Waals surface area contributed by atoms with Crippen LogP contribution in [0.1, 0.15) is 17.0 Å². The van der Waals surface area contributed by atoms with Crippen LogP contribution < -0.4 is 5.32 Å². The number of hydrogen-bond acceptors (Lipinski definition) is 2. The molecule has 4 heteroatoms. The van der Waals surface area contributed by atoms with Crippen LogP contribution in [0.3, 0.4) is 0 Å². The van der Waals surface area contributed by atoms with E-state index in [0.717, 1.165) is 13.0 Å². The quantitative estimate of drug-likeness (QED) is 0.697. The van der Waals surface area contributed by atoms with E-state index in [2.05, 4.69) is 17.4 Å². The number of nitrogens with one attached hydrogen (secondary N) is 1. The first-order valence-corrected chi connectivity index (χ1v) is 5.59. The Bertz CT molecular complexity index is 445. The number of nitrogens with zero attached hydrogens (tertiary/aromatic N) is 1. The molecule has 0 saturated carbocycles. The molecule has 1 aromatic carbocycles. The molecule has 2 heterocycles. The van der Waals surface area contributed by atoms with Crippen LogP contribution in [0.2, 0.25) is 0 Å². The molecular weight excluding hydrogens is 204 g/mol. The maximum atomic E-state index is 11.0. The second-order valence-electron chi connectivity index (χ2n) is 4.43. The molecule has 84 valence electrons. The van der Waals surface area contributed by atoms with Gasteiger partial charge in [-0.25, -0.2) is 4.79 Å². The van der Waals surface area contributed by atoms with Gasteiger partial charge in [-0.05, 0) is 23.6 Å². The summed E-state index contributed by atoms with van der Waals surface area (Å²) in [6.45, 7) is 2.09. The average molecular weight is 218 g/mol. The number of hydrogen-bond donors (Lipinski definition) is 2. The summed E-state index contributed by atoms with van der Waals surface area (Å²) in [7, 11) is 0. The highest BCUT2D eigenvalue weighted by molar-refractivity contribution is 5.67. The third kappa shape index (κ3) is 1.33. The Labute approximate surface area is 93.9 Å². The van der Waals surface area contributed by atoms with E-state index in [1.165, 1.54) is 21.7 Å². The lowest BCUT2D eigenvalue weighted by molar-refractivity contribution is 0.145. The van der Waals surface area contributed by atoms with Crippen molar-refractivity contribution in [1.29, 1.82) is 0 Å². The minimum Gasteiger partial charge on any atom is -0.465 e. The second-order valence-corrected chi connectivity index (χ2v) is 4.43. The molecule has 0 unspecified atom stereocenters. The molecule has 2 aliphatic heterocycles. The van der Waals surface area contributed by atoms with Gasteiger partial charge in [0.1, 0.15) is 0 Å². The molecule has 0 spiro atoms. The van der Waals surface area contributed by atoms with Crippen molar-refractivity contribution in [2.24, 2.45) is 0 Å². The summed E-state index contributed by atoms with van der Waals surface area (Å²) in [4.78, 5) is 12.6. The number of rotatable bonds is 0. The predicted octanol–water partition coefficient (Wildman–Crippen LogP) is 1.73. The molecule has 0 radical (unpaired) electrons. The molecule has 0 bridgehead atoms. The Hall–Kier alpha value is -1.71. The molecule has 1 amide bonds. The van der Waals surface area contributed by atoms with Crippen LogP contribution in [0.25, 0.3) is 0 Å². The van der Waals surface area contributed by atoms with E-state index in [1.54, 1.807) is 0 Å². The van der Waals surface area contributed by atoms with E-state index >= 15 is 0 Å². The SMILES string of the molecule is O=C(O)N1CCc2cccc3c2[C@@H](CN3)C1. The van der Waals surface area contributed by atoms with Crippen LogP contribution >= 0.6 is 0 Å². The van der Waals surface area contributed by atoms with Gasteiger partial charge in [-0.1, -0.05) is 12.1 Å². The molecule has 0 aromatic heterocycles. The lowest BCUT2D eigenvalue weighted by atomic mass is 9.96. The summed E-state index contributed by atoms with van der Waals surface area (Å²) in [5, 5.41) is 12.4. The first-order valence-electron chi connectivity index (χ1n) is 5.59. The fourth-order valence-corrected chi connectivity index (χ4v) is 2.74. The van der Waals surface area contributed by atoms with E-state index in [4.69, 9.17) is 5.11 Å². The number of benzene rings is 1. The topological polar surface area (TPSA) is 52.6 Å². The van der Waals surface area contributed by atoms with Crippen LogP contribution in [-0.2, 0) is 6.42 Å². The highest BCUT2D eigenvalue weighted by atomic mass is 16.4. The summed E-state index contributed by atoms with van der Waals surface area (Å²) in [5.41, 5.74) is 3.83. The van der Waals surface area contributed by atoms with Crippen molar-refractivity contribution in [3.05, 3.63) is 29.3 Å². The molecule has 0 fully saturated rings. The van der Waals surface area contributed by atoms with Gasteiger partial charge in [0.2, 0.25) is 0 Å². The van der Waals surface area contributed by atoms with Crippen molar-refractivity contribution in [3.63, 3.8) is 0 Å². The van der Waals surface area contributed by atoms with Crippen molar-refractivity contribution < 1.29 is 9.90 Å². The lowest BCUT2D eigenvalue weighted by Gasteiger charge is -2.19. The molecule has 1 aromatic rings. The van der Waals surface area contributed by atoms with Crippen LogP contribution in [0.4, 0.5) is 10.5 Å². The molecule has 2 N–H and O–H groups in total. The van der Waals surface area contributed by atoms with Crippen LogP contribution in [0.15, 0.2) is 18.2 Å². The molecule has 2 aliphatic rings. The van der Waals surface area contributed by atoms with Crippen molar-refractivity contribution in [1.82, 2.24) is 4.90 Å². The Morgan fingerprint density at radius 3 is 3.19 bits per heavy atom. The van der Waals surface area contributed by atoms with Crippen molar-refractivity contribution in [2.45, 2.75) is 12.3 Å². The van der Waals surface area contributed by atoms with Gasteiger partial charge in [0.05, 0.1) is 0 Å². The van der Waals surface area contributed by atoms with Gasteiger partial charge in [-0.3, -0.25) is 0 Å². The third-order valence-electron chi connectivity index (χ3n) is 3.51. The first kappa shape index (κ1) is 9.51. The smallest absolute Gasteiger partial charge is 0.407 e. The van der Waals surface area contributed by atoms with Crippen molar-refractivity contribution in [2.75, 3.05) is 25.0 Å². The van der Waals surface area contributed by atoms with Gasteiger partial charge in [0, 0.05) is 31.2 Å². The second kappa shape index (κ2) is 3.40.